The molecule has 0 aliphatic heterocycles. The second-order valence-electron chi connectivity index (χ2n) is 5.77. The van der Waals surface area contributed by atoms with Gasteiger partial charge in [-0.05, 0) is 25.1 Å². The van der Waals surface area contributed by atoms with Crippen molar-refractivity contribution in [1.29, 1.82) is 0 Å². The van der Waals surface area contributed by atoms with Gasteiger partial charge in [-0.1, -0.05) is 12.1 Å². The van der Waals surface area contributed by atoms with Crippen molar-refractivity contribution in [2.24, 2.45) is 5.10 Å². The Balaban J connectivity index is 1.96. The molecule has 2 aromatic carbocycles. The number of amides is 2. The number of nitrogens with zero attached hydrogens (tertiary/aromatic N) is 2. The Labute approximate surface area is 166 Å². The summed E-state index contributed by atoms with van der Waals surface area (Å²) in [6, 6.07) is 9.35. The molecule has 0 aromatic heterocycles. The number of hydrazone groups is 1. The molecular weight excluding hydrogens is 380 g/mol. The third-order valence-electron chi connectivity index (χ3n) is 3.98. The summed E-state index contributed by atoms with van der Waals surface area (Å²) in [4.78, 5) is 34.5. The van der Waals surface area contributed by atoms with E-state index in [9.17, 15) is 19.7 Å². The zero-order chi connectivity index (χ0) is 21.4. The van der Waals surface area contributed by atoms with Crippen molar-refractivity contribution in [3.05, 3.63) is 63.2 Å². The van der Waals surface area contributed by atoms with E-state index in [4.69, 9.17) is 9.47 Å². The molecule has 10 nitrogen and oxygen atoms in total. The molecular formula is C19H20N4O6. The van der Waals surface area contributed by atoms with Gasteiger partial charge in [0.15, 0.2) is 11.5 Å². The second-order valence-corrected chi connectivity index (χ2v) is 5.77. The molecule has 0 fully saturated rings. The van der Waals surface area contributed by atoms with Crippen LogP contribution in [0.3, 0.4) is 0 Å². The van der Waals surface area contributed by atoms with Gasteiger partial charge in [0.2, 0.25) is 0 Å². The quantitative estimate of drug-likeness (QED) is 0.394. The lowest BCUT2D eigenvalue weighted by Crippen LogP contribution is -2.35. The summed E-state index contributed by atoms with van der Waals surface area (Å²) in [6.45, 7) is 1.12. The number of carbonyl (C=O) groups excluding carboxylic acids is 2. The minimum absolute atomic E-state index is 0.122. The van der Waals surface area contributed by atoms with E-state index < -0.39 is 16.7 Å². The first kappa shape index (κ1) is 21.4. The Hall–Kier alpha value is -3.95. The average molecular weight is 400 g/mol. The number of nitrogens with one attached hydrogen (secondary N) is 2. The van der Waals surface area contributed by atoms with E-state index in [-0.39, 0.29) is 23.4 Å². The average Bonchev–Trinajstić information content (AvgIpc) is 2.71. The Morgan fingerprint density at radius 1 is 1.17 bits per heavy atom. The van der Waals surface area contributed by atoms with Crippen molar-refractivity contribution in [2.75, 3.05) is 20.8 Å². The number of carbonyl (C=O) groups is 2. The molecule has 0 heterocycles. The molecule has 0 bridgehead atoms. The number of benzene rings is 2. The molecule has 0 saturated heterocycles. The van der Waals surface area contributed by atoms with Crippen molar-refractivity contribution in [1.82, 2.24) is 10.7 Å². The lowest BCUT2D eigenvalue weighted by Gasteiger charge is -2.09. The molecule has 152 valence electrons. The van der Waals surface area contributed by atoms with Crippen LogP contribution in [0.1, 0.15) is 21.5 Å². The van der Waals surface area contributed by atoms with Gasteiger partial charge in [0, 0.05) is 22.8 Å². The molecule has 0 spiro atoms. The molecule has 0 radical (unpaired) electrons. The monoisotopic (exact) mass is 400 g/mol. The standard InChI is InChI=1S/C19H20N4O6/c1-12-14(7-5-8-15(12)23(26)27)19(25)20-11-17(24)22-21-10-13-6-4-9-16(28-2)18(13)29-3/h4-10H,11H2,1-3H3,(H,20,25)(H,22,24)/b21-10-. The topological polar surface area (TPSA) is 132 Å². The van der Waals surface area contributed by atoms with Crippen LogP contribution in [-0.4, -0.2) is 43.7 Å². The third kappa shape index (κ3) is 5.28. The molecule has 2 amide bonds. The molecule has 0 saturated carbocycles. The minimum Gasteiger partial charge on any atom is -0.493 e. The lowest BCUT2D eigenvalue weighted by molar-refractivity contribution is -0.385. The number of nitro groups is 1. The van der Waals surface area contributed by atoms with Crippen LogP contribution in [0.4, 0.5) is 5.69 Å². The highest BCUT2D eigenvalue weighted by Gasteiger charge is 2.18. The van der Waals surface area contributed by atoms with Gasteiger partial charge in [-0.25, -0.2) is 5.43 Å². The SMILES string of the molecule is COc1cccc(/C=N\NC(=O)CNC(=O)c2cccc([N+](=O)[O-])c2C)c1OC. The maximum atomic E-state index is 12.2. The van der Waals surface area contributed by atoms with Crippen LogP contribution in [0.15, 0.2) is 41.5 Å². The van der Waals surface area contributed by atoms with Crippen molar-refractivity contribution < 1.29 is 24.0 Å². The predicted molar refractivity (Wildman–Crippen MR) is 105 cm³/mol. The maximum Gasteiger partial charge on any atom is 0.273 e. The summed E-state index contributed by atoms with van der Waals surface area (Å²) in [5.41, 5.74) is 3.04. The fraction of sp³-hybridized carbons (Fsp3) is 0.211. The van der Waals surface area contributed by atoms with Gasteiger partial charge in [-0.15, -0.1) is 0 Å². The summed E-state index contributed by atoms with van der Waals surface area (Å²) in [5.74, 6) is -0.191. The van der Waals surface area contributed by atoms with Gasteiger partial charge in [0.25, 0.3) is 17.5 Å². The first-order valence-electron chi connectivity index (χ1n) is 8.44. The Bertz CT molecular complexity index is 958. The minimum atomic E-state index is -0.597. The summed E-state index contributed by atoms with van der Waals surface area (Å²) >= 11 is 0. The largest absolute Gasteiger partial charge is 0.493 e. The van der Waals surface area contributed by atoms with Gasteiger partial charge in [-0.3, -0.25) is 19.7 Å². The van der Waals surface area contributed by atoms with Gasteiger partial charge in [0.05, 0.1) is 31.9 Å². The molecule has 10 heteroatoms. The summed E-state index contributed by atoms with van der Waals surface area (Å²) in [7, 11) is 2.99. The van der Waals surface area contributed by atoms with Crippen LogP contribution in [0, 0.1) is 17.0 Å². The summed E-state index contributed by atoms with van der Waals surface area (Å²) in [5, 5.41) is 17.2. The number of nitro benzene ring substituents is 1. The van der Waals surface area contributed by atoms with E-state index in [1.54, 1.807) is 18.2 Å². The highest BCUT2D eigenvalue weighted by molar-refractivity contribution is 5.98. The number of hydrogen-bond donors (Lipinski definition) is 2. The van der Waals surface area contributed by atoms with Crippen LogP contribution in [-0.2, 0) is 4.79 Å². The van der Waals surface area contributed by atoms with Crippen LogP contribution < -0.4 is 20.2 Å². The Kier molecular flexibility index (Phi) is 7.24. The van der Waals surface area contributed by atoms with E-state index in [0.717, 1.165) is 0 Å². The zero-order valence-electron chi connectivity index (χ0n) is 16.1. The third-order valence-corrected chi connectivity index (χ3v) is 3.98. The van der Waals surface area contributed by atoms with E-state index >= 15 is 0 Å². The van der Waals surface area contributed by atoms with Crippen LogP contribution in [0.25, 0.3) is 0 Å². The molecule has 2 rings (SSSR count). The molecule has 0 atom stereocenters. The molecule has 0 aliphatic rings. The Morgan fingerprint density at radius 2 is 1.90 bits per heavy atom. The fourth-order valence-corrected chi connectivity index (χ4v) is 2.55. The van der Waals surface area contributed by atoms with E-state index in [0.29, 0.717) is 17.1 Å². The first-order valence-corrected chi connectivity index (χ1v) is 8.44. The molecule has 0 unspecified atom stereocenters. The zero-order valence-corrected chi connectivity index (χ0v) is 16.1. The molecule has 0 aliphatic carbocycles. The lowest BCUT2D eigenvalue weighted by atomic mass is 10.1. The predicted octanol–water partition coefficient (Wildman–Crippen LogP) is 1.80. The number of rotatable bonds is 8. The van der Waals surface area contributed by atoms with E-state index in [1.807, 2.05) is 0 Å². The molecule has 2 N–H and O–H groups in total. The Morgan fingerprint density at radius 3 is 2.55 bits per heavy atom. The number of ether oxygens (including phenoxy) is 2. The van der Waals surface area contributed by atoms with E-state index in [2.05, 4.69) is 15.8 Å². The second kappa shape index (κ2) is 9.83. The van der Waals surface area contributed by atoms with Gasteiger partial charge in [-0.2, -0.15) is 5.10 Å². The highest BCUT2D eigenvalue weighted by atomic mass is 16.6. The number of methoxy groups -OCH3 is 2. The number of para-hydroxylation sites is 1. The van der Waals surface area contributed by atoms with Gasteiger partial charge >= 0.3 is 0 Å². The molecule has 29 heavy (non-hydrogen) atoms. The van der Waals surface area contributed by atoms with Crippen molar-refractivity contribution in [2.45, 2.75) is 6.92 Å². The maximum absolute atomic E-state index is 12.2. The first-order chi connectivity index (χ1) is 13.9. The van der Waals surface area contributed by atoms with Crippen LogP contribution in [0.5, 0.6) is 11.5 Å². The molecule has 2 aromatic rings. The summed E-state index contributed by atoms with van der Waals surface area (Å²) < 4.78 is 10.4. The van der Waals surface area contributed by atoms with Crippen molar-refractivity contribution >= 4 is 23.7 Å². The van der Waals surface area contributed by atoms with Gasteiger partial charge < -0.3 is 14.8 Å². The normalized spacial score (nSPS) is 10.4. The van der Waals surface area contributed by atoms with Crippen LogP contribution >= 0.6 is 0 Å². The van der Waals surface area contributed by atoms with Crippen LogP contribution in [0.2, 0.25) is 0 Å². The number of hydrogen-bond acceptors (Lipinski definition) is 7. The fourth-order valence-electron chi connectivity index (χ4n) is 2.55. The van der Waals surface area contributed by atoms with Gasteiger partial charge in [0.1, 0.15) is 0 Å². The smallest absolute Gasteiger partial charge is 0.273 e. The van der Waals surface area contributed by atoms with E-state index in [1.165, 1.54) is 45.6 Å². The van der Waals surface area contributed by atoms with Crippen molar-refractivity contribution in [3.63, 3.8) is 0 Å². The summed E-state index contributed by atoms with van der Waals surface area (Å²) in [6.07, 6.45) is 1.38. The van der Waals surface area contributed by atoms with Crippen molar-refractivity contribution in [3.8, 4) is 11.5 Å². The highest BCUT2D eigenvalue weighted by Crippen LogP contribution is 2.29.